The molecule has 0 aliphatic heterocycles. The Labute approximate surface area is 80.1 Å². The van der Waals surface area contributed by atoms with Crippen molar-refractivity contribution in [3.05, 3.63) is 16.8 Å². The summed E-state index contributed by atoms with van der Waals surface area (Å²) in [5, 5.41) is 3.56. The maximum Gasteiger partial charge on any atom is 0.221 e. The van der Waals surface area contributed by atoms with Gasteiger partial charge in [0.15, 0.2) is 0 Å². The molecule has 0 radical (unpaired) electrons. The second kappa shape index (κ2) is 5.17. The Kier molecular flexibility index (Phi) is 4.11. The summed E-state index contributed by atoms with van der Waals surface area (Å²) in [6.07, 6.45) is 1.06. The molecule has 1 aromatic rings. The number of hydrogen-bond acceptors (Lipinski definition) is 3. The monoisotopic (exact) mass is 204 g/mol. The van der Waals surface area contributed by atoms with Gasteiger partial charge in [-0.1, -0.05) is 0 Å². The molecule has 1 rings (SSSR count). The largest absolute Gasteiger partial charge is 0.493 e. The van der Waals surface area contributed by atoms with Crippen LogP contribution in [0.1, 0.15) is 12.8 Å². The molecule has 0 unspecified atom stereocenters. The van der Waals surface area contributed by atoms with Crippen LogP contribution in [-0.2, 0) is 4.79 Å². The van der Waals surface area contributed by atoms with Crippen molar-refractivity contribution in [1.82, 2.24) is 0 Å². The molecule has 1 aromatic heterocycles. The molecular weight excluding hydrogens is 196 g/mol. The quantitative estimate of drug-likeness (QED) is 0.545. The van der Waals surface area contributed by atoms with Crippen molar-refractivity contribution >= 4 is 28.2 Å². The standard InChI is InChI=1S/C8H9ClO2S/c9-8(10)2-1-4-11-7-3-5-12-6-7/h3,5-6H,1-2,4H2. The molecule has 0 amide bonds. The van der Waals surface area contributed by atoms with Gasteiger partial charge in [-0.25, -0.2) is 0 Å². The molecule has 0 spiro atoms. The van der Waals surface area contributed by atoms with Crippen molar-refractivity contribution < 1.29 is 9.53 Å². The van der Waals surface area contributed by atoms with Crippen molar-refractivity contribution in [3.63, 3.8) is 0 Å². The predicted molar refractivity (Wildman–Crippen MR) is 49.9 cm³/mol. The number of carbonyl (C=O) groups is 1. The minimum absolute atomic E-state index is 0.302. The van der Waals surface area contributed by atoms with E-state index in [1.54, 1.807) is 11.3 Å². The molecule has 1 heterocycles. The Morgan fingerprint density at radius 3 is 3.08 bits per heavy atom. The molecule has 0 saturated heterocycles. The summed E-state index contributed by atoms with van der Waals surface area (Å²) >= 11 is 6.73. The molecule has 0 saturated carbocycles. The number of halogens is 1. The molecule has 0 aliphatic carbocycles. The zero-order valence-electron chi connectivity index (χ0n) is 6.46. The first-order valence-corrected chi connectivity index (χ1v) is 4.94. The molecule has 0 aliphatic rings. The first-order valence-electron chi connectivity index (χ1n) is 3.62. The summed E-state index contributed by atoms with van der Waals surface area (Å²) in [6.45, 7) is 0.551. The second-order valence-electron chi connectivity index (χ2n) is 2.27. The van der Waals surface area contributed by atoms with E-state index in [-0.39, 0.29) is 5.24 Å². The summed E-state index contributed by atoms with van der Waals surface area (Å²) in [5.74, 6) is 0.863. The maximum absolute atomic E-state index is 10.3. The van der Waals surface area contributed by atoms with Gasteiger partial charge in [-0.2, -0.15) is 0 Å². The van der Waals surface area contributed by atoms with Crippen LogP contribution in [0.2, 0.25) is 0 Å². The molecule has 12 heavy (non-hydrogen) atoms. The Morgan fingerprint density at radius 2 is 2.50 bits per heavy atom. The average molecular weight is 205 g/mol. The Morgan fingerprint density at radius 1 is 1.67 bits per heavy atom. The Bertz CT molecular complexity index is 233. The van der Waals surface area contributed by atoms with Gasteiger partial charge in [0.2, 0.25) is 5.24 Å². The molecule has 0 fully saturated rings. The van der Waals surface area contributed by atoms with Gasteiger partial charge in [0.1, 0.15) is 5.75 Å². The van der Waals surface area contributed by atoms with Crippen LogP contribution in [0.25, 0.3) is 0 Å². The zero-order valence-corrected chi connectivity index (χ0v) is 8.03. The van der Waals surface area contributed by atoms with Crippen molar-refractivity contribution in [2.24, 2.45) is 0 Å². The minimum atomic E-state index is -0.302. The van der Waals surface area contributed by atoms with Crippen LogP contribution in [-0.4, -0.2) is 11.8 Å². The molecule has 0 atom stereocenters. The van der Waals surface area contributed by atoms with E-state index >= 15 is 0 Å². The van der Waals surface area contributed by atoms with E-state index in [2.05, 4.69) is 0 Å². The van der Waals surface area contributed by atoms with Crippen molar-refractivity contribution in [1.29, 1.82) is 0 Å². The number of ether oxygens (including phenoxy) is 1. The van der Waals surface area contributed by atoms with Gasteiger partial charge in [0, 0.05) is 11.8 Å². The fourth-order valence-corrected chi connectivity index (χ4v) is 1.44. The van der Waals surface area contributed by atoms with E-state index in [9.17, 15) is 4.79 Å². The Hall–Kier alpha value is -0.540. The van der Waals surface area contributed by atoms with Crippen LogP contribution in [0, 0.1) is 0 Å². The zero-order chi connectivity index (χ0) is 8.81. The lowest BCUT2D eigenvalue weighted by atomic mass is 10.3. The van der Waals surface area contributed by atoms with Crippen LogP contribution in [0.3, 0.4) is 0 Å². The van der Waals surface area contributed by atoms with E-state index in [0.717, 1.165) is 5.75 Å². The Balaban J connectivity index is 2.07. The van der Waals surface area contributed by atoms with Gasteiger partial charge in [-0.15, -0.1) is 11.3 Å². The predicted octanol–water partition coefficient (Wildman–Crippen LogP) is 2.67. The minimum Gasteiger partial charge on any atom is -0.493 e. The van der Waals surface area contributed by atoms with Crippen LogP contribution >= 0.6 is 22.9 Å². The highest BCUT2D eigenvalue weighted by atomic mass is 35.5. The van der Waals surface area contributed by atoms with Crippen molar-refractivity contribution in [2.75, 3.05) is 6.61 Å². The number of rotatable bonds is 5. The molecule has 0 aromatic carbocycles. The molecule has 0 bridgehead atoms. The average Bonchev–Trinajstić information content (AvgIpc) is 2.49. The van der Waals surface area contributed by atoms with Gasteiger partial charge >= 0.3 is 0 Å². The number of thiophene rings is 1. The lowest BCUT2D eigenvalue weighted by Gasteiger charge is -2.00. The smallest absolute Gasteiger partial charge is 0.221 e. The molecule has 0 N–H and O–H groups in total. The van der Waals surface area contributed by atoms with E-state index in [4.69, 9.17) is 16.3 Å². The van der Waals surface area contributed by atoms with Gasteiger partial charge in [-0.3, -0.25) is 4.79 Å². The summed E-state index contributed by atoms with van der Waals surface area (Å²) in [4.78, 5) is 10.3. The fourth-order valence-electron chi connectivity index (χ4n) is 0.735. The molecule has 2 nitrogen and oxygen atoms in total. The molecule has 4 heteroatoms. The number of carbonyl (C=O) groups excluding carboxylic acids is 1. The third-order valence-corrected chi connectivity index (χ3v) is 2.13. The normalized spacial score (nSPS) is 9.75. The fraction of sp³-hybridized carbons (Fsp3) is 0.375. The van der Waals surface area contributed by atoms with Gasteiger partial charge in [0.05, 0.1) is 6.61 Å². The lowest BCUT2D eigenvalue weighted by molar-refractivity contribution is -0.111. The van der Waals surface area contributed by atoms with Gasteiger partial charge in [-0.05, 0) is 29.5 Å². The first-order chi connectivity index (χ1) is 5.79. The van der Waals surface area contributed by atoms with Crippen LogP contribution in [0.5, 0.6) is 5.75 Å². The second-order valence-corrected chi connectivity index (χ2v) is 3.47. The third-order valence-electron chi connectivity index (χ3n) is 1.28. The first kappa shape index (κ1) is 9.55. The van der Waals surface area contributed by atoms with E-state index in [1.165, 1.54) is 0 Å². The van der Waals surface area contributed by atoms with Gasteiger partial charge < -0.3 is 4.74 Å². The summed E-state index contributed by atoms with van der Waals surface area (Å²) in [6, 6.07) is 1.90. The van der Waals surface area contributed by atoms with Crippen molar-refractivity contribution in [2.45, 2.75) is 12.8 Å². The van der Waals surface area contributed by atoms with E-state index < -0.39 is 0 Å². The SMILES string of the molecule is O=C(Cl)CCCOc1ccsc1. The van der Waals surface area contributed by atoms with Crippen LogP contribution in [0.15, 0.2) is 16.8 Å². The van der Waals surface area contributed by atoms with Crippen molar-refractivity contribution in [3.8, 4) is 5.75 Å². The molecule has 66 valence electrons. The highest BCUT2D eigenvalue weighted by molar-refractivity contribution is 7.08. The molecular formula is C8H9ClO2S. The number of hydrogen-bond donors (Lipinski definition) is 0. The summed E-state index contributed by atoms with van der Waals surface area (Å²) in [7, 11) is 0. The summed E-state index contributed by atoms with van der Waals surface area (Å²) in [5.41, 5.74) is 0. The maximum atomic E-state index is 10.3. The van der Waals surface area contributed by atoms with Gasteiger partial charge in [0.25, 0.3) is 0 Å². The highest BCUT2D eigenvalue weighted by Crippen LogP contribution is 2.14. The van der Waals surface area contributed by atoms with Crippen LogP contribution in [0.4, 0.5) is 0 Å². The van der Waals surface area contributed by atoms with E-state index in [1.807, 2.05) is 16.8 Å². The lowest BCUT2D eigenvalue weighted by Crippen LogP contribution is -1.98. The third kappa shape index (κ3) is 3.74. The van der Waals surface area contributed by atoms with E-state index in [0.29, 0.717) is 19.4 Å². The van der Waals surface area contributed by atoms with Crippen LogP contribution < -0.4 is 4.74 Å². The highest BCUT2D eigenvalue weighted by Gasteiger charge is 1.96. The topological polar surface area (TPSA) is 26.3 Å². The summed E-state index contributed by atoms with van der Waals surface area (Å²) < 4.78 is 5.30.